The highest BCUT2D eigenvalue weighted by Crippen LogP contribution is 2.40. The van der Waals surface area contributed by atoms with E-state index in [-0.39, 0.29) is 29.3 Å². The third-order valence-electron chi connectivity index (χ3n) is 5.38. The highest BCUT2D eigenvalue weighted by molar-refractivity contribution is 5.92. The molecule has 0 saturated heterocycles. The molecule has 1 N–H and O–H groups in total. The Balaban J connectivity index is 1.61. The summed E-state index contributed by atoms with van der Waals surface area (Å²) in [5.41, 5.74) is 2.22. The minimum atomic E-state index is -0.480. The zero-order valence-corrected chi connectivity index (χ0v) is 17.3. The second-order valence-corrected chi connectivity index (χ2v) is 8.62. The van der Waals surface area contributed by atoms with E-state index in [4.69, 9.17) is 4.74 Å². The number of aliphatic hydroxyl groups excluding tert-OH is 1. The summed E-state index contributed by atoms with van der Waals surface area (Å²) in [4.78, 5) is 16.1. The summed E-state index contributed by atoms with van der Waals surface area (Å²) in [6.07, 6.45) is 4.52. The average molecular weight is 403 g/mol. The molecule has 1 aliphatic rings. The fourth-order valence-corrected chi connectivity index (χ4v) is 3.79. The summed E-state index contributed by atoms with van der Waals surface area (Å²) in [6.45, 7) is 6.52. The summed E-state index contributed by atoms with van der Waals surface area (Å²) >= 11 is 0. The Kier molecular flexibility index (Phi) is 5.16. The van der Waals surface area contributed by atoms with Gasteiger partial charge in [0.15, 0.2) is 5.78 Å². The van der Waals surface area contributed by atoms with Crippen LogP contribution in [0.5, 0.6) is 11.5 Å². The van der Waals surface area contributed by atoms with Gasteiger partial charge in [0.2, 0.25) is 0 Å². The van der Waals surface area contributed by atoms with Crippen molar-refractivity contribution in [2.75, 3.05) is 0 Å². The van der Waals surface area contributed by atoms with Crippen molar-refractivity contribution in [2.45, 2.75) is 44.6 Å². The monoisotopic (exact) mass is 403 g/mol. The molecule has 1 heterocycles. The molecule has 2 atom stereocenters. The van der Waals surface area contributed by atoms with Crippen molar-refractivity contribution in [1.82, 2.24) is 14.8 Å². The molecule has 0 radical (unpaired) electrons. The van der Waals surface area contributed by atoms with Crippen molar-refractivity contribution < 1.29 is 14.6 Å². The van der Waals surface area contributed by atoms with Gasteiger partial charge in [0.25, 0.3) is 0 Å². The van der Waals surface area contributed by atoms with E-state index in [9.17, 15) is 9.90 Å². The van der Waals surface area contributed by atoms with Crippen molar-refractivity contribution >= 4 is 5.78 Å². The van der Waals surface area contributed by atoms with Crippen LogP contribution in [-0.4, -0.2) is 25.7 Å². The molecule has 6 nitrogen and oxygen atoms in total. The van der Waals surface area contributed by atoms with Gasteiger partial charge in [-0.1, -0.05) is 45.0 Å². The van der Waals surface area contributed by atoms with E-state index >= 15 is 0 Å². The van der Waals surface area contributed by atoms with Crippen molar-refractivity contribution in [3.63, 3.8) is 0 Å². The second-order valence-electron chi connectivity index (χ2n) is 8.62. The molecule has 0 bridgehead atoms. The molecule has 4 rings (SSSR count). The van der Waals surface area contributed by atoms with Crippen LogP contribution in [0.2, 0.25) is 0 Å². The molecule has 0 spiro atoms. The van der Waals surface area contributed by atoms with Gasteiger partial charge in [-0.2, -0.15) is 5.10 Å². The number of benzene rings is 2. The fourth-order valence-electron chi connectivity index (χ4n) is 3.79. The molecule has 0 aliphatic heterocycles. The lowest BCUT2D eigenvalue weighted by Crippen LogP contribution is -2.27. The Morgan fingerprint density at radius 2 is 1.87 bits per heavy atom. The van der Waals surface area contributed by atoms with Gasteiger partial charge in [0, 0.05) is 18.4 Å². The summed E-state index contributed by atoms with van der Waals surface area (Å²) in [5.74, 6) is 1.03. The first-order valence-electron chi connectivity index (χ1n) is 9.97. The second kappa shape index (κ2) is 7.78. The standard InChI is InChI=1S/C24H25N3O3/c1-24(2,3)17-7-9-19(10-8-17)30-20-6-4-5-16(11-20)21-12-18(28)13-22(29)23(21)27-15-25-14-26-27/h4-11,13-15,21,23,29H,12H2,1-3H3/t21-,23+/m1/s1. The van der Waals surface area contributed by atoms with Gasteiger partial charge in [-0.3, -0.25) is 4.79 Å². The Labute approximate surface area is 175 Å². The third kappa shape index (κ3) is 4.13. The van der Waals surface area contributed by atoms with Crippen LogP contribution in [0.1, 0.15) is 50.3 Å². The SMILES string of the molecule is CC(C)(C)c1ccc(Oc2cccc([C@H]3CC(=O)C=C(O)[C@H]3n3cncn3)c2)cc1. The van der Waals surface area contributed by atoms with E-state index < -0.39 is 6.04 Å². The number of hydrogen-bond donors (Lipinski definition) is 1. The number of hydrogen-bond acceptors (Lipinski definition) is 5. The maximum Gasteiger partial charge on any atom is 0.159 e. The van der Waals surface area contributed by atoms with Crippen LogP contribution >= 0.6 is 0 Å². The van der Waals surface area contributed by atoms with Crippen LogP contribution in [0.25, 0.3) is 0 Å². The lowest BCUT2D eigenvalue weighted by molar-refractivity contribution is -0.116. The molecule has 0 unspecified atom stereocenters. The van der Waals surface area contributed by atoms with Crippen molar-refractivity contribution in [3.8, 4) is 11.5 Å². The molecule has 6 heteroatoms. The lowest BCUT2D eigenvalue weighted by Gasteiger charge is -2.29. The van der Waals surface area contributed by atoms with E-state index in [0.29, 0.717) is 5.75 Å². The minimum Gasteiger partial charge on any atom is -0.510 e. The number of allylic oxidation sites excluding steroid dienone is 2. The topological polar surface area (TPSA) is 77.2 Å². The Hall–Kier alpha value is -3.41. The average Bonchev–Trinajstić information content (AvgIpc) is 3.21. The molecule has 2 aromatic carbocycles. The lowest BCUT2D eigenvalue weighted by atomic mass is 9.82. The van der Waals surface area contributed by atoms with E-state index in [0.717, 1.165) is 11.3 Å². The first-order chi connectivity index (χ1) is 14.3. The molecular formula is C24H25N3O3. The predicted molar refractivity (Wildman–Crippen MR) is 114 cm³/mol. The number of nitrogens with zero attached hydrogens (tertiary/aromatic N) is 3. The first-order valence-corrected chi connectivity index (χ1v) is 9.97. The number of ether oxygens (including phenoxy) is 1. The molecular weight excluding hydrogens is 378 g/mol. The van der Waals surface area contributed by atoms with Crippen molar-refractivity contribution in [1.29, 1.82) is 0 Å². The predicted octanol–water partition coefficient (Wildman–Crippen LogP) is 5.11. The van der Waals surface area contributed by atoms with Gasteiger partial charge in [0.05, 0.1) is 0 Å². The Morgan fingerprint density at radius 1 is 1.10 bits per heavy atom. The molecule has 1 aliphatic carbocycles. The summed E-state index contributed by atoms with van der Waals surface area (Å²) in [5, 5.41) is 14.6. The summed E-state index contributed by atoms with van der Waals surface area (Å²) in [7, 11) is 0. The van der Waals surface area contributed by atoms with Gasteiger partial charge < -0.3 is 9.84 Å². The van der Waals surface area contributed by atoms with Gasteiger partial charge in [0.1, 0.15) is 36.0 Å². The van der Waals surface area contributed by atoms with Gasteiger partial charge >= 0.3 is 0 Å². The molecule has 30 heavy (non-hydrogen) atoms. The van der Waals surface area contributed by atoms with Crippen LogP contribution in [0.4, 0.5) is 0 Å². The fraction of sp³-hybridized carbons (Fsp3) is 0.292. The third-order valence-corrected chi connectivity index (χ3v) is 5.38. The highest BCUT2D eigenvalue weighted by Gasteiger charge is 2.34. The van der Waals surface area contributed by atoms with Gasteiger partial charge in [-0.15, -0.1) is 0 Å². The molecule has 0 amide bonds. The zero-order chi connectivity index (χ0) is 21.3. The first kappa shape index (κ1) is 19.9. The number of aromatic nitrogens is 3. The van der Waals surface area contributed by atoms with Crippen LogP contribution in [0.3, 0.4) is 0 Å². The Morgan fingerprint density at radius 3 is 2.53 bits per heavy atom. The van der Waals surface area contributed by atoms with Crippen molar-refractivity contribution in [2.24, 2.45) is 0 Å². The maximum atomic E-state index is 12.1. The van der Waals surface area contributed by atoms with Crippen LogP contribution in [-0.2, 0) is 10.2 Å². The normalized spacial score (nSPS) is 19.4. The molecule has 0 fully saturated rings. The van der Waals surface area contributed by atoms with E-state index in [1.807, 2.05) is 36.4 Å². The number of carbonyl (C=O) groups is 1. The van der Waals surface area contributed by atoms with Gasteiger partial charge in [-0.25, -0.2) is 9.67 Å². The quantitative estimate of drug-likeness (QED) is 0.655. The molecule has 3 aromatic rings. The summed E-state index contributed by atoms with van der Waals surface area (Å²) in [6, 6.07) is 15.2. The van der Waals surface area contributed by atoms with Gasteiger partial charge in [-0.05, 0) is 40.8 Å². The van der Waals surface area contributed by atoms with E-state index in [2.05, 4.69) is 43.0 Å². The van der Waals surface area contributed by atoms with E-state index in [1.54, 1.807) is 11.0 Å². The van der Waals surface area contributed by atoms with Crippen molar-refractivity contribution in [3.05, 3.63) is 84.1 Å². The largest absolute Gasteiger partial charge is 0.510 e. The Bertz CT molecular complexity index is 1060. The minimum absolute atomic E-state index is 0.00848. The zero-order valence-electron chi connectivity index (χ0n) is 17.3. The van der Waals surface area contributed by atoms with Crippen LogP contribution in [0.15, 0.2) is 73.0 Å². The maximum absolute atomic E-state index is 12.1. The number of carbonyl (C=O) groups excluding carboxylic acids is 1. The highest BCUT2D eigenvalue weighted by atomic mass is 16.5. The number of ketones is 1. The summed E-state index contributed by atoms with van der Waals surface area (Å²) < 4.78 is 7.65. The smallest absolute Gasteiger partial charge is 0.159 e. The molecule has 0 saturated carbocycles. The number of aliphatic hydroxyl groups is 1. The van der Waals surface area contributed by atoms with E-state index in [1.165, 1.54) is 18.0 Å². The van der Waals surface area contributed by atoms with Crippen LogP contribution in [0, 0.1) is 0 Å². The van der Waals surface area contributed by atoms with Crippen LogP contribution < -0.4 is 4.74 Å². The molecule has 154 valence electrons. The number of rotatable bonds is 4. The molecule has 1 aromatic heterocycles.